The zero-order valence-electron chi connectivity index (χ0n) is 6.75. The van der Waals surface area contributed by atoms with Gasteiger partial charge in [0.25, 0.3) is 0 Å². The van der Waals surface area contributed by atoms with Crippen LogP contribution in [0.25, 0.3) is 0 Å². The number of hydrogen-bond acceptors (Lipinski definition) is 3. The Bertz CT molecular complexity index is 177. The molecule has 0 aromatic rings. The molecule has 0 aromatic heterocycles. The molecule has 0 fully saturated rings. The molecule has 0 aliphatic heterocycles. The summed E-state index contributed by atoms with van der Waals surface area (Å²) in [6.45, 7) is 0.107. The summed E-state index contributed by atoms with van der Waals surface area (Å²) in [5, 5.41) is 16.5. The van der Waals surface area contributed by atoms with Crippen LogP contribution < -0.4 is 0 Å². The average molecular weight is 172 g/mol. The normalized spacial score (nSPS) is 8.75. The van der Waals surface area contributed by atoms with E-state index < -0.39 is 5.97 Å². The molecule has 0 atom stereocenters. The lowest BCUT2D eigenvalue weighted by atomic mass is 10.4. The molecule has 4 nitrogen and oxygen atoms in total. The van der Waals surface area contributed by atoms with E-state index in [-0.39, 0.29) is 13.2 Å². The maximum Gasteiger partial charge on any atom is 0.329 e. The van der Waals surface area contributed by atoms with E-state index in [9.17, 15) is 4.79 Å². The number of rotatable bonds is 5. The van der Waals surface area contributed by atoms with Crippen molar-refractivity contribution in [3.8, 4) is 11.8 Å². The molecule has 0 bridgehead atoms. The minimum absolute atomic E-state index is 0.0585. The molecular formula is C8H12O4. The fraction of sp³-hybridized carbons (Fsp3) is 0.625. The lowest BCUT2D eigenvalue weighted by Gasteiger charge is -1.94. The third-order valence-electron chi connectivity index (χ3n) is 0.959. The Labute approximate surface area is 71.2 Å². The second-order valence-electron chi connectivity index (χ2n) is 2.02. The van der Waals surface area contributed by atoms with Gasteiger partial charge < -0.3 is 14.9 Å². The molecular weight excluding hydrogens is 160 g/mol. The van der Waals surface area contributed by atoms with E-state index in [2.05, 4.69) is 11.8 Å². The second kappa shape index (κ2) is 8.05. The van der Waals surface area contributed by atoms with Gasteiger partial charge in [0.15, 0.2) is 0 Å². The quantitative estimate of drug-likeness (QED) is 0.447. The van der Waals surface area contributed by atoms with Crippen LogP contribution in [0, 0.1) is 11.8 Å². The number of aliphatic hydroxyl groups excluding tert-OH is 1. The lowest BCUT2D eigenvalue weighted by molar-refractivity contribution is -0.142. The standard InChI is InChI=1S/C8H12O4/c9-5-3-1-2-4-6-12-7-8(10)11/h9H,3-7H2,(H,10,11). The molecule has 0 saturated carbocycles. The van der Waals surface area contributed by atoms with Crippen LogP contribution in [0.3, 0.4) is 0 Å². The Morgan fingerprint density at radius 2 is 2.00 bits per heavy atom. The summed E-state index contributed by atoms with van der Waals surface area (Å²) in [5.41, 5.74) is 0. The highest BCUT2D eigenvalue weighted by Gasteiger charge is 1.93. The molecule has 0 amide bonds. The average Bonchev–Trinajstić information content (AvgIpc) is 2.02. The molecule has 0 spiro atoms. The molecule has 12 heavy (non-hydrogen) atoms. The van der Waals surface area contributed by atoms with E-state index in [0.29, 0.717) is 19.4 Å². The molecule has 0 radical (unpaired) electrons. The molecule has 0 heterocycles. The van der Waals surface area contributed by atoms with Crippen LogP contribution >= 0.6 is 0 Å². The van der Waals surface area contributed by atoms with Gasteiger partial charge in [0.2, 0.25) is 0 Å². The van der Waals surface area contributed by atoms with Crippen LogP contribution in [0.2, 0.25) is 0 Å². The molecule has 0 rings (SSSR count). The van der Waals surface area contributed by atoms with Gasteiger partial charge in [0, 0.05) is 12.8 Å². The van der Waals surface area contributed by atoms with Crippen LogP contribution in [0.5, 0.6) is 0 Å². The van der Waals surface area contributed by atoms with Crippen LogP contribution in [-0.4, -0.2) is 36.0 Å². The van der Waals surface area contributed by atoms with Gasteiger partial charge in [0.1, 0.15) is 6.61 Å². The first-order valence-corrected chi connectivity index (χ1v) is 3.63. The number of aliphatic hydroxyl groups is 1. The minimum Gasteiger partial charge on any atom is -0.480 e. The predicted octanol–water partition coefficient (Wildman–Crippen LogP) is -0.136. The fourth-order valence-corrected chi connectivity index (χ4v) is 0.515. The second-order valence-corrected chi connectivity index (χ2v) is 2.02. The van der Waals surface area contributed by atoms with Gasteiger partial charge in [-0.2, -0.15) is 0 Å². The Morgan fingerprint density at radius 1 is 1.33 bits per heavy atom. The number of hydrogen-bond donors (Lipinski definition) is 2. The van der Waals surface area contributed by atoms with Gasteiger partial charge in [-0.3, -0.25) is 0 Å². The van der Waals surface area contributed by atoms with Gasteiger partial charge in [-0.05, 0) is 0 Å². The molecule has 0 aliphatic carbocycles. The molecule has 0 unspecified atom stereocenters. The van der Waals surface area contributed by atoms with Crippen LogP contribution in [0.15, 0.2) is 0 Å². The van der Waals surface area contributed by atoms with Crippen molar-refractivity contribution in [2.24, 2.45) is 0 Å². The highest BCUT2D eigenvalue weighted by molar-refractivity contribution is 5.67. The van der Waals surface area contributed by atoms with Crippen molar-refractivity contribution < 1.29 is 19.7 Å². The highest BCUT2D eigenvalue weighted by Crippen LogP contribution is 1.81. The Morgan fingerprint density at radius 3 is 2.58 bits per heavy atom. The molecule has 0 saturated heterocycles. The van der Waals surface area contributed by atoms with Crippen molar-refractivity contribution in [3.05, 3.63) is 0 Å². The summed E-state index contributed by atoms with van der Waals surface area (Å²) in [6, 6.07) is 0. The fourth-order valence-electron chi connectivity index (χ4n) is 0.515. The summed E-state index contributed by atoms with van der Waals surface area (Å²) in [6.07, 6.45) is 0.964. The molecule has 0 aromatic carbocycles. The predicted molar refractivity (Wildman–Crippen MR) is 42.6 cm³/mol. The molecule has 0 aliphatic rings. The number of carboxylic acid groups (broad SMARTS) is 1. The van der Waals surface area contributed by atoms with Crippen LogP contribution in [-0.2, 0) is 9.53 Å². The van der Waals surface area contributed by atoms with Crippen molar-refractivity contribution in [2.75, 3.05) is 19.8 Å². The summed E-state index contributed by atoms with van der Waals surface area (Å²) in [5.74, 6) is 4.45. The maximum atomic E-state index is 9.94. The van der Waals surface area contributed by atoms with Gasteiger partial charge in [0.05, 0.1) is 13.2 Å². The monoisotopic (exact) mass is 172 g/mol. The number of ether oxygens (including phenoxy) is 1. The van der Waals surface area contributed by atoms with Gasteiger partial charge >= 0.3 is 5.97 Å². The van der Waals surface area contributed by atoms with Crippen LogP contribution in [0.1, 0.15) is 12.8 Å². The number of carboxylic acids is 1. The Kier molecular flexibility index (Phi) is 7.35. The summed E-state index contributed by atoms with van der Waals surface area (Å²) in [4.78, 5) is 9.94. The SMILES string of the molecule is O=C(O)COCCC#CCCO. The van der Waals surface area contributed by atoms with E-state index in [1.54, 1.807) is 0 Å². The smallest absolute Gasteiger partial charge is 0.329 e. The van der Waals surface area contributed by atoms with E-state index in [1.165, 1.54) is 0 Å². The van der Waals surface area contributed by atoms with Gasteiger partial charge in [-0.25, -0.2) is 4.79 Å². The zero-order valence-corrected chi connectivity index (χ0v) is 6.75. The lowest BCUT2D eigenvalue weighted by Crippen LogP contribution is -2.07. The van der Waals surface area contributed by atoms with Crippen molar-refractivity contribution in [1.29, 1.82) is 0 Å². The van der Waals surface area contributed by atoms with Crippen LogP contribution in [0.4, 0.5) is 0 Å². The first-order chi connectivity index (χ1) is 5.77. The first kappa shape index (κ1) is 11.0. The summed E-state index contributed by atoms with van der Waals surface area (Å²) in [7, 11) is 0. The Hall–Kier alpha value is -1.05. The minimum atomic E-state index is -0.974. The van der Waals surface area contributed by atoms with E-state index >= 15 is 0 Å². The molecule has 2 N–H and O–H groups in total. The van der Waals surface area contributed by atoms with Crippen molar-refractivity contribution in [3.63, 3.8) is 0 Å². The molecule has 68 valence electrons. The zero-order chi connectivity index (χ0) is 9.23. The number of aliphatic carboxylic acids is 1. The van der Waals surface area contributed by atoms with Crippen molar-refractivity contribution in [2.45, 2.75) is 12.8 Å². The summed E-state index contributed by atoms with van der Waals surface area (Å²) >= 11 is 0. The van der Waals surface area contributed by atoms with E-state index in [0.717, 1.165) is 0 Å². The highest BCUT2D eigenvalue weighted by atomic mass is 16.5. The first-order valence-electron chi connectivity index (χ1n) is 3.63. The topological polar surface area (TPSA) is 66.8 Å². The van der Waals surface area contributed by atoms with E-state index in [1.807, 2.05) is 0 Å². The largest absolute Gasteiger partial charge is 0.480 e. The van der Waals surface area contributed by atoms with Crippen molar-refractivity contribution in [1.82, 2.24) is 0 Å². The van der Waals surface area contributed by atoms with E-state index in [4.69, 9.17) is 14.9 Å². The third-order valence-corrected chi connectivity index (χ3v) is 0.959. The summed E-state index contributed by atoms with van der Waals surface area (Å²) < 4.78 is 4.71. The Balaban J connectivity index is 3.11. The molecule has 4 heteroatoms. The number of carbonyl (C=O) groups is 1. The van der Waals surface area contributed by atoms with Gasteiger partial charge in [-0.1, -0.05) is 0 Å². The maximum absolute atomic E-state index is 9.94. The van der Waals surface area contributed by atoms with Crippen molar-refractivity contribution >= 4 is 5.97 Å². The third kappa shape index (κ3) is 8.95. The van der Waals surface area contributed by atoms with Gasteiger partial charge in [-0.15, -0.1) is 11.8 Å².